The summed E-state index contributed by atoms with van der Waals surface area (Å²) in [5, 5.41) is 16.8. The quantitative estimate of drug-likeness (QED) is 0.395. The minimum absolute atomic E-state index is 0.0687. The Morgan fingerprint density at radius 2 is 1.79 bits per heavy atom. The molecule has 2 aromatic heterocycles. The highest BCUT2D eigenvalue weighted by Gasteiger charge is 2.45. The van der Waals surface area contributed by atoms with Gasteiger partial charge in [-0.2, -0.15) is 15.3 Å². The van der Waals surface area contributed by atoms with E-state index in [1.807, 2.05) is 6.92 Å². The molecule has 1 aliphatic rings. The van der Waals surface area contributed by atoms with Gasteiger partial charge in [0.15, 0.2) is 15.5 Å². The Morgan fingerprint density at radius 1 is 1.10 bits per heavy atom. The highest BCUT2D eigenvalue weighted by Crippen LogP contribution is 2.47. The van der Waals surface area contributed by atoms with Crippen LogP contribution in [0.4, 0.5) is 8.78 Å². The van der Waals surface area contributed by atoms with Gasteiger partial charge in [-0.25, -0.2) is 17.2 Å². The molecule has 0 spiro atoms. The number of hydrogen-bond donors (Lipinski definition) is 0. The molecule has 3 aromatic rings. The normalized spacial score (nSPS) is 19.1. The largest absolute Gasteiger partial charge is 0.337 e. The molecule has 2 atom stereocenters. The van der Waals surface area contributed by atoms with Gasteiger partial charge < -0.3 is 4.90 Å². The van der Waals surface area contributed by atoms with E-state index in [0.717, 1.165) is 30.4 Å². The van der Waals surface area contributed by atoms with Crippen LogP contribution in [0.25, 0.3) is 11.3 Å². The Morgan fingerprint density at radius 3 is 2.36 bits per heavy atom. The molecule has 0 saturated carbocycles. The molecule has 0 N–H and O–H groups in total. The third kappa shape index (κ3) is 5.83. The van der Waals surface area contributed by atoms with Crippen molar-refractivity contribution in [2.24, 2.45) is 5.92 Å². The number of halogens is 2. The van der Waals surface area contributed by atoms with E-state index in [9.17, 15) is 22.0 Å². The van der Waals surface area contributed by atoms with E-state index in [1.54, 1.807) is 11.0 Å². The highest BCUT2D eigenvalue weighted by atomic mass is 32.2. The van der Waals surface area contributed by atoms with Crippen molar-refractivity contribution in [1.82, 2.24) is 25.3 Å². The van der Waals surface area contributed by atoms with E-state index in [1.165, 1.54) is 30.3 Å². The molecule has 208 valence electrons. The van der Waals surface area contributed by atoms with Crippen LogP contribution in [-0.4, -0.2) is 59.0 Å². The standard InChI is InChI=1S/C28H33F2N5O3S/c1-6-35(27(36)23-11-10-19(31-32-23)15-39(5,37)38)16-28(17(2)3)13-12-18(4)20-14-24(33-34-26(20)28)25-21(29)8-7-9-22(25)30/h7-11,14,17-18H,6,12-13,15-16H2,1-5H3/t18-,28+/m0/s1. The van der Waals surface area contributed by atoms with Crippen molar-refractivity contribution < 1.29 is 22.0 Å². The number of nitrogens with zero attached hydrogens (tertiary/aromatic N) is 5. The Bertz CT molecular complexity index is 1460. The van der Waals surface area contributed by atoms with E-state index >= 15 is 0 Å². The topological polar surface area (TPSA) is 106 Å². The van der Waals surface area contributed by atoms with Crippen molar-refractivity contribution in [3.8, 4) is 11.3 Å². The lowest BCUT2D eigenvalue weighted by atomic mass is 9.63. The number of rotatable bonds is 8. The molecule has 0 radical (unpaired) electrons. The molecular weight excluding hydrogens is 524 g/mol. The predicted octanol–water partition coefficient (Wildman–Crippen LogP) is 4.71. The first-order valence-electron chi connectivity index (χ1n) is 13.0. The van der Waals surface area contributed by atoms with Crippen molar-refractivity contribution in [3.05, 3.63) is 70.7 Å². The monoisotopic (exact) mass is 557 g/mol. The van der Waals surface area contributed by atoms with Gasteiger partial charge >= 0.3 is 0 Å². The van der Waals surface area contributed by atoms with Crippen LogP contribution in [0.1, 0.15) is 73.9 Å². The molecule has 39 heavy (non-hydrogen) atoms. The smallest absolute Gasteiger partial charge is 0.274 e. The van der Waals surface area contributed by atoms with Gasteiger partial charge in [-0.15, -0.1) is 5.10 Å². The average Bonchev–Trinajstić information content (AvgIpc) is 2.87. The summed E-state index contributed by atoms with van der Waals surface area (Å²) in [6.07, 6.45) is 2.67. The fourth-order valence-electron chi connectivity index (χ4n) is 5.33. The van der Waals surface area contributed by atoms with E-state index in [0.29, 0.717) is 13.1 Å². The Kier molecular flexibility index (Phi) is 8.11. The Labute approximate surface area is 227 Å². The fraction of sp³-hybridized carbons (Fsp3) is 0.464. The number of sulfone groups is 1. The van der Waals surface area contributed by atoms with Crippen LogP contribution < -0.4 is 0 Å². The van der Waals surface area contributed by atoms with Gasteiger partial charge in [0.1, 0.15) is 11.6 Å². The van der Waals surface area contributed by atoms with Crippen LogP contribution in [-0.2, 0) is 21.0 Å². The van der Waals surface area contributed by atoms with Gasteiger partial charge in [-0.1, -0.05) is 26.8 Å². The van der Waals surface area contributed by atoms with Crippen LogP contribution in [0.15, 0.2) is 36.4 Å². The van der Waals surface area contributed by atoms with Crippen molar-refractivity contribution in [2.75, 3.05) is 19.3 Å². The minimum Gasteiger partial charge on any atom is -0.337 e. The van der Waals surface area contributed by atoms with Crippen molar-refractivity contribution in [2.45, 2.75) is 57.6 Å². The maximum absolute atomic E-state index is 14.5. The summed E-state index contributed by atoms with van der Waals surface area (Å²) >= 11 is 0. The third-order valence-electron chi connectivity index (χ3n) is 7.66. The predicted molar refractivity (Wildman–Crippen MR) is 144 cm³/mol. The number of fused-ring (bicyclic) bond motifs is 1. The minimum atomic E-state index is -3.28. The van der Waals surface area contributed by atoms with Gasteiger partial charge in [-0.05, 0) is 67.5 Å². The molecule has 0 fully saturated rings. The lowest BCUT2D eigenvalue weighted by Gasteiger charge is -2.45. The van der Waals surface area contributed by atoms with Crippen molar-refractivity contribution in [1.29, 1.82) is 0 Å². The number of carbonyl (C=O) groups is 1. The average molecular weight is 558 g/mol. The number of carbonyl (C=O) groups excluding carboxylic acids is 1. The second-order valence-electron chi connectivity index (χ2n) is 10.7. The highest BCUT2D eigenvalue weighted by molar-refractivity contribution is 7.89. The van der Waals surface area contributed by atoms with Crippen LogP contribution in [0, 0.1) is 17.6 Å². The number of aromatic nitrogens is 4. The summed E-state index contributed by atoms with van der Waals surface area (Å²) in [5.74, 6) is -1.82. The maximum Gasteiger partial charge on any atom is 0.274 e. The van der Waals surface area contributed by atoms with Gasteiger partial charge in [0.25, 0.3) is 5.91 Å². The van der Waals surface area contributed by atoms with E-state index < -0.39 is 26.9 Å². The summed E-state index contributed by atoms with van der Waals surface area (Å²) in [4.78, 5) is 15.2. The zero-order valence-corrected chi connectivity index (χ0v) is 23.6. The molecule has 1 amide bonds. The zero-order chi connectivity index (χ0) is 28.5. The SMILES string of the molecule is CCN(C[C@@]1(C(C)C)CC[C@H](C)c2cc(-c3c(F)cccc3F)nnc21)C(=O)c1ccc(CS(C)(=O)=O)nn1. The Balaban J connectivity index is 1.70. The molecule has 0 saturated heterocycles. The van der Waals surface area contributed by atoms with Gasteiger partial charge in [0, 0.05) is 24.8 Å². The molecule has 2 heterocycles. The summed E-state index contributed by atoms with van der Waals surface area (Å²) in [5.41, 5.74) is 1.38. The van der Waals surface area contributed by atoms with E-state index in [-0.39, 0.29) is 46.1 Å². The molecule has 8 nitrogen and oxygen atoms in total. The Hall–Kier alpha value is -3.34. The van der Waals surface area contributed by atoms with Gasteiger partial charge in [-0.3, -0.25) is 4.79 Å². The third-order valence-corrected chi connectivity index (χ3v) is 8.48. The number of benzene rings is 1. The molecule has 1 aromatic carbocycles. The van der Waals surface area contributed by atoms with Crippen LogP contribution in [0.5, 0.6) is 0 Å². The molecule has 0 bridgehead atoms. The number of amides is 1. The van der Waals surface area contributed by atoms with Gasteiger partial charge in [0.05, 0.1) is 28.4 Å². The lowest BCUT2D eigenvalue weighted by Crippen LogP contribution is -2.49. The zero-order valence-electron chi connectivity index (χ0n) is 22.8. The van der Waals surface area contributed by atoms with Crippen molar-refractivity contribution in [3.63, 3.8) is 0 Å². The van der Waals surface area contributed by atoms with Gasteiger partial charge in [0.2, 0.25) is 0 Å². The van der Waals surface area contributed by atoms with Crippen LogP contribution in [0.3, 0.4) is 0 Å². The molecule has 4 rings (SSSR count). The molecular formula is C28H33F2N5O3S. The van der Waals surface area contributed by atoms with Crippen LogP contribution in [0.2, 0.25) is 0 Å². The molecule has 11 heteroatoms. The second-order valence-corrected chi connectivity index (χ2v) is 12.8. The van der Waals surface area contributed by atoms with Crippen molar-refractivity contribution >= 4 is 15.7 Å². The lowest BCUT2D eigenvalue weighted by molar-refractivity contribution is 0.0662. The summed E-state index contributed by atoms with van der Waals surface area (Å²) < 4.78 is 52.2. The van der Waals surface area contributed by atoms with E-state index in [2.05, 4.69) is 41.2 Å². The first-order valence-corrected chi connectivity index (χ1v) is 15.0. The maximum atomic E-state index is 14.5. The first-order chi connectivity index (χ1) is 18.4. The van der Waals surface area contributed by atoms with E-state index in [4.69, 9.17) is 0 Å². The molecule has 1 aliphatic carbocycles. The number of likely N-dealkylation sites (N-methyl/N-ethyl adjacent to an activating group) is 1. The number of hydrogen-bond acceptors (Lipinski definition) is 7. The second kappa shape index (κ2) is 11.0. The molecule has 0 unspecified atom stereocenters. The van der Waals surface area contributed by atoms with Crippen LogP contribution >= 0.6 is 0 Å². The first kappa shape index (κ1) is 28.7. The fourth-order valence-corrected chi connectivity index (χ4v) is 6.02. The summed E-state index contributed by atoms with van der Waals surface area (Å²) in [6.45, 7) is 8.82. The molecule has 0 aliphatic heterocycles. The summed E-state index contributed by atoms with van der Waals surface area (Å²) in [6, 6.07) is 8.43. The summed E-state index contributed by atoms with van der Waals surface area (Å²) in [7, 11) is -3.28.